The van der Waals surface area contributed by atoms with E-state index in [1.54, 1.807) is 6.20 Å². The van der Waals surface area contributed by atoms with Gasteiger partial charge in [0.25, 0.3) is 0 Å². The van der Waals surface area contributed by atoms with Crippen LogP contribution in [-0.4, -0.2) is 16.1 Å². The average molecular weight is 255 g/mol. The Labute approximate surface area is 112 Å². The van der Waals surface area contributed by atoms with Crippen LogP contribution >= 0.6 is 0 Å². The zero-order valence-electron chi connectivity index (χ0n) is 10.9. The minimum absolute atomic E-state index is 0.0485. The van der Waals surface area contributed by atoms with Crippen molar-refractivity contribution >= 4 is 11.7 Å². The molecule has 0 fully saturated rings. The van der Waals surface area contributed by atoms with Crippen molar-refractivity contribution in [3.63, 3.8) is 0 Å². The highest BCUT2D eigenvalue weighted by atomic mass is 16.2. The van der Waals surface area contributed by atoms with Gasteiger partial charge >= 0.3 is 0 Å². The largest absolute Gasteiger partial charge is 0.310 e. The highest BCUT2D eigenvalue weighted by Gasteiger charge is 2.26. The third-order valence-electron chi connectivity index (χ3n) is 3.76. The molecule has 1 heterocycles. The molecular formula is C15H17N3O. The lowest BCUT2D eigenvalue weighted by Gasteiger charge is -2.24. The van der Waals surface area contributed by atoms with Crippen molar-refractivity contribution in [1.82, 2.24) is 10.2 Å². The van der Waals surface area contributed by atoms with E-state index >= 15 is 0 Å². The Hall–Kier alpha value is -2.10. The number of benzene rings is 1. The third kappa shape index (κ3) is 2.26. The molecule has 1 aliphatic rings. The fraction of sp³-hybridized carbons (Fsp3) is 0.333. The number of carbonyl (C=O) groups excluding carboxylic acids is 1. The molecule has 0 bridgehead atoms. The van der Waals surface area contributed by atoms with E-state index in [-0.39, 0.29) is 11.8 Å². The first kappa shape index (κ1) is 12.0. The second kappa shape index (κ2) is 4.88. The van der Waals surface area contributed by atoms with Gasteiger partial charge in [0.05, 0.1) is 12.1 Å². The summed E-state index contributed by atoms with van der Waals surface area (Å²) in [5, 5.41) is 9.69. The molecule has 0 spiro atoms. The Morgan fingerprint density at radius 3 is 3.05 bits per heavy atom. The van der Waals surface area contributed by atoms with Crippen LogP contribution in [0.3, 0.4) is 0 Å². The van der Waals surface area contributed by atoms with E-state index < -0.39 is 0 Å². The van der Waals surface area contributed by atoms with Gasteiger partial charge in [-0.2, -0.15) is 5.10 Å². The van der Waals surface area contributed by atoms with E-state index in [0.717, 1.165) is 24.8 Å². The lowest BCUT2D eigenvalue weighted by atomic mass is 9.82. The second-order valence-electron chi connectivity index (χ2n) is 5.06. The van der Waals surface area contributed by atoms with Crippen molar-refractivity contribution in [1.29, 1.82) is 0 Å². The number of hydrogen-bond acceptors (Lipinski definition) is 2. The van der Waals surface area contributed by atoms with Crippen molar-refractivity contribution in [3.05, 3.63) is 47.2 Å². The van der Waals surface area contributed by atoms with Crippen LogP contribution in [0.2, 0.25) is 0 Å². The first-order valence-corrected chi connectivity index (χ1v) is 6.64. The summed E-state index contributed by atoms with van der Waals surface area (Å²) in [5.74, 6) is 0.709. The molecule has 1 aromatic heterocycles. The number of aryl methyl sites for hydroxylation is 2. The normalized spacial score (nSPS) is 17.8. The number of nitrogens with zero attached hydrogens (tertiary/aromatic N) is 1. The van der Waals surface area contributed by atoms with Crippen LogP contribution in [0.5, 0.6) is 0 Å². The maximum atomic E-state index is 12.4. The molecule has 1 unspecified atom stereocenters. The molecule has 3 rings (SSSR count). The molecule has 19 heavy (non-hydrogen) atoms. The summed E-state index contributed by atoms with van der Waals surface area (Å²) in [6.07, 6.45) is 4.76. The molecule has 2 N–H and O–H groups in total. The van der Waals surface area contributed by atoms with E-state index in [2.05, 4.69) is 27.6 Å². The molecule has 0 aliphatic heterocycles. The minimum atomic E-state index is -0.0485. The molecule has 0 saturated carbocycles. The lowest BCUT2D eigenvalue weighted by Crippen LogP contribution is -2.25. The Balaban J connectivity index is 1.84. The molecule has 1 amide bonds. The van der Waals surface area contributed by atoms with Crippen molar-refractivity contribution in [2.24, 2.45) is 0 Å². The van der Waals surface area contributed by atoms with Gasteiger partial charge in [-0.15, -0.1) is 0 Å². The lowest BCUT2D eigenvalue weighted by molar-refractivity contribution is -0.117. The van der Waals surface area contributed by atoms with Crippen LogP contribution < -0.4 is 5.32 Å². The Bertz CT molecular complexity index is 603. The van der Waals surface area contributed by atoms with Gasteiger partial charge < -0.3 is 5.32 Å². The predicted octanol–water partition coefficient (Wildman–Crippen LogP) is 2.78. The smallest absolute Gasteiger partial charge is 0.233 e. The summed E-state index contributed by atoms with van der Waals surface area (Å²) in [4.78, 5) is 12.4. The van der Waals surface area contributed by atoms with Crippen molar-refractivity contribution in [3.8, 4) is 0 Å². The van der Waals surface area contributed by atoms with Crippen LogP contribution in [-0.2, 0) is 11.2 Å². The van der Waals surface area contributed by atoms with E-state index in [9.17, 15) is 4.79 Å². The van der Waals surface area contributed by atoms with Gasteiger partial charge in [-0.3, -0.25) is 9.89 Å². The average Bonchev–Trinajstić information content (AvgIpc) is 2.83. The van der Waals surface area contributed by atoms with Gasteiger partial charge in [0.1, 0.15) is 5.82 Å². The number of amides is 1. The summed E-state index contributed by atoms with van der Waals surface area (Å²) in [6, 6.07) is 8.23. The summed E-state index contributed by atoms with van der Waals surface area (Å²) in [6.45, 7) is 1.92. The second-order valence-corrected chi connectivity index (χ2v) is 5.06. The number of anilines is 1. The number of H-pyrrole nitrogens is 1. The molecule has 98 valence electrons. The Morgan fingerprint density at radius 2 is 2.26 bits per heavy atom. The molecule has 1 aliphatic carbocycles. The summed E-state index contributed by atoms with van der Waals surface area (Å²) < 4.78 is 0. The van der Waals surface area contributed by atoms with Crippen LogP contribution in [0.1, 0.15) is 35.4 Å². The van der Waals surface area contributed by atoms with Gasteiger partial charge in [0.2, 0.25) is 5.91 Å². The van der Waals surface area contributed by atoms with Gasteiger partial charge in [-0.1, -0.05) is 24.3 Å². The first-order valence-electron chi connectivity index (χ1n) is 6.64. The zero-order chi connectivity index (χ0) is 13.2. The Morgan fingerprint density at radius 1 is 1.42 bits per heavy atom. The fourth-order valence-corrected chi connectivity index (χ4v) is 2.71. The van der Waals surface area contributed by atoms with Gasteiger partial charge in [-0.05, 0) is 37.3 Å². The Kier molecular flexibility index (Phi) is 3.07. The number of carbonyl (C=O) groups is 1. The van der Waals surface area contributed by atoms with E-state index in [1.807, 2.05) is 19.1 Å². The quantitative estimate of drug-likeness (QED) is 0.867. The number of fused-ring (bicyclic) bond motifs is 1. The molecule has 1 atom stereocenters. The SMILES string of the molecule is Cc1cn[nH]c1NC(=O)C1CCCc2ccccc21. The zero-order valence-corrected chi connectivity index (χ0v) is 10.9. The molecule has 2 aromatic rings. The molecule has 4 heteroatoms. The number of nitrogens with one attached hydrogen (secondary N) is 2. The van der Waals surface area contributed by atoms with Crippen LogP contribution in [0.15, 0.2) is 30.5 Å². The summed E-state index contributed by atoms with van der Waals surface area (Å²) in [5.41, 5.74) is 3.43. The first-order chi connectivity index (χ1) is 9.25. The molecule has 1 aromatic carbocycles. The third-order valence-corrected chi connectivity index (χ3v) is 3.76. The minimum Gasteiger partial charge on any atom is -0.310 e. The number of aromatic nitrogens is 2. The van der Waals surface area contributed by atoms with Crippen LogP contribution in [0.4, 0.5) is 5.82 Å². The number of aromatic amines is 1. The maximum Gasteiger partial charge on any atom is 0.233 e. The highest BCUT2D eigenvalue weighted by molar-refractivity contribution is 5.96. The van der Waals surface area contributed by atoms with Gasteiger partial charge in [0, 0.05) is 5.56 Å². The maximum absolute atomic E-state index is 12.4. The highest BCUT2D eigenvalue weighted by Crippen LogP contribution is 2.32. The van der Waals surface area contributed by atoms with Crippen molar-refractivity contribution in [2.45, 2.75) is 32.1 Å². The van der Waals surface area contributed by atoms with Crippen molar-refractivity contribution in [2.75, 3.05) is 5.32 Å². The monoisotopic (exact) mass is 255 g/mol. The van der Waals surface area contributed by atoms with Gasteiger partial charge in [-0.25, -0.2) is 0 Å². The van der Waals surface area contributed by atoms with Crippen LogP contribution in [0, 0.1) is 6.92 Å². The predicted molar refractivity (Wildman–Crippen MR) is 74.1 cm³/mol. The summed E-state index contributed by atoms with van der Waals surface area (Å²) >= 11 is 0. The molecule has 0 saturated heterocycles. The number of rotatable bonds is 2. The summed E-state index contributed by atoms with van der Waals surface area (Å²) in [7, 11) is 0. The van der Waals surface area contributed by atoms with Crippen LogP contribution in [0.25, 0.3) is 0 Å². The molecule has 0 radical (unpaired) electrons. The molecule has 4 nitrogen and oxygen atoms in total. The van der Waals surface area contributed by atoms with E-state index in [1.165, 1.54) is 11.1 Å². The fourth-order valence-electron chi connectivity index (χ4n) is 2.71. The molecular weight excluding hydrogens is 238 g/mol. The van der Waals surface area contributed by atoms with Crippen molar-refractivity contribution < 1.29 is 4.79 Å². The topological polar surface area (TPSA) is 57.8 Å². The van der Waals surface area contributed by atoms with E-state index in [0.29, 0.717) is 5.82 Å². The standard InChI is InChI=1S/C15H17N3O/c1-10-9-16-18-14(10)17-15(19)13-8-4-6-11-5-2-3-7-12(11)13/h2-3,5,7,9,13H,4,6,8H2,1H3,(H2,16,17,18,19). The van der Waals surface area contributed by atoms with E-state index in [4.69, 9.17) is 0 Å². The number of hydrogen-bond donors (Lipinski definition) is 2. The van der Waals surface area contributed by atoms with Gasteiger partial charge in [0.15, 0.2) is 0 Å².